The van der Waals surface area contributed by atoms with Crippen molar-refractivity contribution in [2.24, 2.45) is 0 Å². The van der Waals surface area contributed by atoms with Crippen LogP contribution in [-0.4, -0.2) is 63.4 Å². The smallest absolute Gasteiger partial charge is 0.326 e. The lowest BCUT2D eigenvalue weighted by atomic mass is 10.00. The van der Waals surface area contributed by atoms with E-state index in [9.17, 15) is 14.4 Å². The molecule has 20 heavy (non-hydrogen) atoms. The molecule has 1 heterocycles. The number of amides is 2. The summed E-state index contributed by atoms with van der Waals surface area (Å²) >= 11 is 0. The molecule has 0 saturated carbocycles. The summed E-state index contributed by atoms with van der Waals surface area (Å²) in [5.74, 6) is -2.67. The van der Waals surface area contributed by atoms with E-state index in [2.05, 4.69) is 5.32 Å². The Bertz CT molecular complexity index is 371. The van der Waals surface area contributed by atoms with Crippen molar-refractivity contribution >= 4 is 18.0 Å². The lowest BCUT2D eigenvalue weighted by molar-refractivity contribution is -0.145. The van der Waals surface area contributed by atoms with E-state index in [1.165, 1.54) is 4.90 Å². The van der Waals surface area contributed by atoms with E-state index in [0.29, 0.717) is 13.0 Å². The fraction of sp³-hybridized carbons (Fsp3) is 0.750. The predicted molar refractivity (Wildman–Crippen MR) is 68.3 cm³/mol. The van der Waals surface area contributed by atoms with Gasteiger partial charge < -0.3 is 25.5 Å². The number of hydrogen-bond acceptors (Lipinski definition) is 4. The van der Waals surface area contributed by atoms with Crippen molar-refractivity contribution in [2.75, 3.05) is 13.2 Å². The number of aliphatic hydroxyl groups excluding tert-OH is 1. The summed E-state index contributed by atoms with van der Waals surface area (Å²) in [4.78, 5) is 35.0. The first-order chi connectivity index (χ1) is 9.45. The van der Waals surface area contributed by atoms with Crippen LogP contribution in [0, 0.1) is 0 Å². The van der Waals surface area contributed by atoms with Gasteiger partial charge in [0, 0.05) is 19.2 Å². The topological polar surface area (TPSA) is 127 Å². The van der Waals surface area contributed by atoms with E-state index in [1.54, 1.807) is 0 Å². The van der Waals surface area contributed by atoms with Crippen LogP contribution in [0.25, 0.3) is 0 Å². The molecule has 1 rings (SSSR count). The zero-order valence-electron chi connectivity index (χ0n) is 11.1. The van der Waals surface area contributed by atoms with Crippen LogP contribution in [0.3, 0.4) is 0 Å². The van der Waals surface area contributed by atoms with Crippen molar-refractivity contribution in [2.45, 2.75) is 44.2 Å². The number of piperidine rings is 1. The highest BCUT2D eigenvalue weighted by Gasteiger charge is 2.30. The third-order valence-electron chi connectivity index (χ3n) is 3.32. The fourth-order valence-corrected chi connectivity index (χ4v) is 2.32. The van der Waals surface area contributed by atoms with E-state index < -0.39 is 30.4 Å². The number of rotatable bonds is 6. The van der Waals surface area contributed by atoms with Gasteiger partial charge in [0.05, 0.1) is 6.42 Å². The first kappa shape index (κ1) is 16.2. The third-order valence-corrected chi connectivity index (χ3v) is 3.32. The van der Waals surface area contributed by atoms with E-state index in [-0.39, 0.29) is 12.6 Å². The van der Waals surface area contributed by atoms with Crippen LogP contribution < -0.4 is 5.32 Å². The predicted octanol–water partition coefficient (Wildman–Crippen LogP) is -0.139. The van der Waals surface area contributed by atoms with E-state index in [4.69, 9.17) is 15.3 Å². The van der Waals surface area contributed by atoms with Gasteiger partial charge in [0.25, 0.3) is 0 Å². The molecule has 114 valence electrons. The number of carbonyl (C=O) groups excluding carboxylic acids is 1. The highest BCUT2D eigenvalue weighted by molar-refractivity contribution is 5.86. The quantitative estimate of drug-likeness (QED) is 0.539. The third kappa shape index (κ3) is 4.69. The Morgan fingerprint density at radius 1 is 1.25 bits per heavy atom. The molecule has 1 unspecified atom stereocenters. The molecular formula is C12H20N2O6. The number of aliphatic carboxylic acids is 2. The van der Waals surface area contributed by atoms with Gasteiger partial charge in [-0.15, -0.1) is 0 Å². The molecular weight excluding hydrogens is 268 g/mol. The summed E-state index contributed by atoms with van der Waals surface area (Å²) in [5.41, 5.74) is 0. The molecule has 0 spiro atoms. The lowest BCUT2D eigenvalue weighted by Crippen LogP contribution is -2.53. The molecule has 0 aromatic rings. The van der Waals surface area contributed by atoms with Crippen molar-refractivity contribution in [3.63, 3.8) is 0 Å². The highest BCUT2D eigenvalue weighted by Crippen LogP contribution is 2.19. The van der Waals surface area contributed by atoms with Gasteiger partial charge in [0.1, 0.15) is 6.04 Å². The van der Waals surface area contributed by atoms with Gasteiger partial charge in [-0.3, -0.25) is 4.79 Å². The Morgan fingerprint density at radius 3 is 2.50 bits per heavy atom. The maximum atomic E-state index is 12.1. The van der Waals surface area contributed by atoms with Gasteiger partial charge in [0.15, 0.2) is 0 Å². The van der Waals surface area contributed by atoms with Crippen molar-refractivity contribution in [3.8, 4) is 0 Å². The summed E-state index contributed by atoms with van der Waals surface area (Å²) in [6.45, 7) is 0.432. The normalized spacial score (nSPS) is 20.2. The van der Waals surface area contributed by atoms with Gasteiger partial charge in [-0.1, -0.05) is 0 Å². The Labute approximate surface area is 116 Å². The number of aliphatic hydroxyl groups is 1. The van der Waals surface area contributed by atoms with Gasteiger partial charge in [0.2, 0.25) is 0 Å². The molecule has 1 aliphatic rings. The average Bonchev–Trinajstić information content (AvgIpc) is 2.38. The van der Waals surface area contributed by atoms with Gasteiger partial charge in [-0.2, -0.15) is 0 Å². The maximum absolute atomic E-state index is 12.1. The number of nitrogens with one attached hydrogen (secondary N) is 1. The largest absolute Gasteiger partial charge is 0.481 e. The summed E-state index contributed by atoms with van der Waals surface area (Å²) < 4.78 is 0. The molecule has 0 aliphatic carbocycles. The molecule has 1 fully saturated rings. The molecule has 0 bridgehead atoms. The van der Waals surface area contributed by atoms with E-state index in [1.807, 2.05) is 0 Å². The Morgan fingerprint density at radius 2 is 1.95 bits per heavy atom. The lowest BCUT2D eigenvalue weighted by Gasteiger charge is -2.36. The van der Waals surface area contributed by atoms with E-state index >= 15 is 0 Å². The standard InChI is InChI=1S/C12H20N2O6/c15-6-4-8-3-1-2-5-14(8)12(20)13-9(11(18)19)7-10(16)17/h8-9,15H,1-7H2,(H,13,20)(H,16,17)(H,18,19)/t8?,9-/m1/s1. The molecule has 2 amide bonds. The molecule has 4 N–H and O–H groups in total. The molecule has 8 heteroatoms. The number of hydrogen-bond donors (Lipinski definition) is 4. The van der Waals surface area contributed by atoms with Crippen LogP contribution >= 0.6 is 0 Å². The average molecular weight is 288 g/mol. The monoisotopic (exact) mass is 288 g/mol. The zero-order chi connectivity index (χ0) is 15.1. The summed E-state index contributed by atoms with van der Waals surface area (Å²) in [5, 5.41) is 28.7. The van der Waals surface area contributed by atoms with Crippen molar-refractivity contribution in [1.29, 1.82) is 0 Å². The van der Waals surface area contributed by atoms with Crippen molar-refractivity contribution in [3.05, 3.63) is 0 Å². The van der Waals surface area contributed by atoms with Gasteiger partial charge in [-0.05, 0) is 25.7 Å². The van der Waals surface area contributed by atoms with Crippen LogP contribution in [0.2, 0.25) is 0 Å². The minimum absolute atomic E-state index is 0.0497. The minimum Gasteiger partial charge on any atom is -0.481 e. The van der Waals surface area contributed by atoms with Gasteiger partial charge in [-0.25, -0.2) is 9.59 Å². The number of likely N-dealkylation sites (tertiary alicyclic amines) is 1. The Balaban J connectivity index is 2.65. The minimum atomic E-state index is -1.45. The second-order valence-corrected chi connectivity index (χ2v) is 4.79. The second-order valence-electron chi connectivity index (χ2n) is 4.79. The molecule has 1 aliphatic heterocycles. The van der Waals surface area contributed by atoms with Crippen LogP contribution in [0.15, 0.2) is 0 Å². The molecule has 0 aromatic heterocycles. The van der Waals surface area contributed by atoms with Crippen molar-refractivity contribution in [1.82, 2.24) is 10.2 Å². The Hall–Kier alpha value is -1.83. The first-order valence-electron chi connectivity index (χ1n) is 6.58. The molecule has 0 aromatic carbocycles. The van der Waals surface area contributed by atoms with Gasteiger partial charge >= 0.3 is 18.0 Å². The molecule has 2 atom stereocenters. The number of carbonyl (C=O) groups is 3. The van der Waals surface area contributed by atoms with Crippen LogP contribution in [-0.2, 0) is 9.59 Å². The molecule has 1 saturated heterocycles. The van der Waals surface area contributed by atoms with Crippen LogP contribution in [0.5, 0.6) is 0 Å². The number of carboxylic acids is 2. The van der Waals surface area contributed by atoms with Crippen LogP contribution in [0.1, 0.15) is 32.1 Å². The molecule has 0 radical (unpaired) electrons. The second kappa shape index (κ2) is 7.68. The number of urea groups is 1. The summed E-state index contributed by atoms with van der Waals surface area (Å²) in [6.07, 6.45) is 2.28. The van der Waals surface area contributed by atoms with Crippen molar-refractivity contribution < 1.29 is 29.7 Å². The number of carboxylic acid groups (broad SMARTS) is 2. The highest BCUT2D eigenvalue weighted by atomic mass is 16.4. The number of nitrogens with zero attached hydrogens (tertiary/aromatic N) is 1. The molecule has 8 nitrogen and oxygen atoms in total. The first-order valence-corrected chi connectivity index (χ1v) is 6.58. The Kier molecular flexibility index (Phi) is 6.23. The summed E-state index contributed by atoms with van der Waals surface area (Å²) in [6, 6.07) is -2.17. The SMILES string of the molecule is O=C(O)C[C@@H](NC(=O)N1CCCCC1CCO)C(=O)O. The summed E-state index contributed by atoms with van der Waals surface area (Å²) in [7, 11) is 0. The van der Waals surface area contributed by atoms with E-state index in [0.717, 1.165) is 19.3 Å². The zero-order valence-corrected chi connectivity index (χ0v) is 11.1. The van der Waals surface area contributed by atoms with Crippen LogP contribution in [0.4, 0.5) is 4.79 Å². The fourth-order valence-electron chi connectivity index (χ4n) is 2.32. The maximum Gasteiger partial charge on any atom is 0.326 e.